The zero-order valence-corrected chi connectivity index (χ0v) is 19.6. The molecule has 2 aromatic rings. The Morgan fingerprint density at radius 2 is 1.78 bits per heavy atom. The molecule has 1 aliphatic rings. The van der Waals surface area contributed by atoms with Gasteiger partial charge in [-0.05, 0) is 54.0 Å². The fourth-order valence-electron chi connectivity index (χ4n) is 4.84. The summed E-state index contributed by atoms with van der Waals surface area (Å²) < 4.78 is 0. The fraction of sp³-hybridized carbons (Fsp3) is 0.519. The average Bonchev–Trinajstić information content (AvgIpc) is 2.77. The zero-order valence-electron chi connectivity index (χ0n) is 19.6. The van der Waals surface area contributed by atoms with E-state index in [1.54, 1.807) is 18.2 Å². The summed E-state index contributed by atoms with van der Waals surface area (Å²) in [7, 11) is 0. The molecule has 5 heteroatoms. The smallest absolute Gasteiger partial charge is 0.217 e. The van der Waals surface area contributed by atoms with E-state index >= 15 is 0 Å². The van der Waals surface area contributed by atoms with Crippen LogP contribution in [0.5, 0.6) is 5.75 Å². The van der Waals surface area contributed by atoms with Crippen molar-refractivity contribution >= 4 is 5.91 Å². The van der Waals surface area contributed by atoms with Crippen LogP contribution in [-0.4, -0.2) is 34.8 Å². The molecule has 1 saturated carbocycles. The van der Waals surface area contributed by atoms with Crippen LogP contribution >= 0.6 is 0 Å². The first-order chi connectivity index (χ1) is 15.3. The van der Waals surface area contributed by atoms with Crippen molar-refractivity contribution in [2.75, 3.05) is 6.54 Å². The Kier molecular flexibility index (Phi) is 8.32. The highest BCUT2D eigenvalue weighted by atomic mass is 16.3. The first kappa shape index (κ1) is 24.3. The molecule has 0 heterocycles. The number of hydrogen-bond acceptors (Lipinski definition) is 4. The van der Waals surface area contributed by atoms with Gasteiger partial charge in [-0.25, -0.2) is 0 Å². The Labute approximate surface area is 192 Å². The van der Waals surface area contributed by atoms with Crippen molar-refractivity contribution in [3.63, 3.8) is 0 Å². The number of phenols is 1. The van der Waals surface area contributed by atoms with Gasteiger partial charge < -0.3 is 20.8 Å². The van der Waals surface area contributed by atoms with Crippen LogP contribution in [-0.2, 0) is 16.8 Å². The summed E-state index contributed by atoms with van der Waals surface area (Å²) in [5, 5.41) is 27.5. The van der Waals surface area contributed by atoms with Crippen LogP contribution in [0, 0.1) is 0 Å². The van der Waals surface area contributed by atoms with E-state index in [1.807, 2.05) is 6.07 Å². The summed E-state index contributed by atoms with van der Waals surface area (Å²) in [5.41, 5.74) is 3.34. The van der Waals surface area contributed by atoms with Gasteiger partial charge in [0.15, 0.2) is 0 Å². The first-order valence-electron chi connectivity index (χ1n) is 11.9. The number of aromatic hydroxyl groups is 1. The number of nitrogens with one attached hydrogen (secondary N) is 2. The van der Waals surface area contributed by atoms with E-state index < -0.39 is 12.1 Å². The van der Waals surface area contributed by atoms with E-state index in [-0.39, 0.29) is 17.2 Å². The zero-order chi connectivity index (χ0) is 23.1. The topological polar surface area (TPSA) is 81.6 Å². The molecule has 0 aromatic heterocycles. The third-order valence-electron chi connectivity index (χ3n) is 6.68. The lowest BCUT2D eigenvalue weighted by Crippen LogP contribution is -2.53. The standard InChI is InChI=1S/C27H38N2O3/c1-19(2)22-10-8-11-23(17-22)27(13-5-4-6-14-27)28-18-26(32)25(29-20(3)30)16-21-9-7-12-24(31)15-21/h7-12,15,17,19,25-26,28,31-32H,4-6,13-14,16,18H2,1-3H3,(H,29,30)/t25-,26-/m0/s1. The van der Waals surface area contributed by atoms with Crippen molar-refractivity contribution in [2.45, 2.75) is 82.9 Å². The largest absolute Gasteiger partial charge is 0.508 e. The molecule has 0 saturated heterocycles. The van der Waals surface area contributed by atoms with E-state index in [1.165, 1.54) is 24.5 Å². The average molecular weight is 439 g/mol. The monoisotopic (exact) mass is 438 g/mol. The third kappa shape index (κ3) is 6.33. The minimum Gasteiger partial charge on any atom is -0.508 e. The number of phenolic OH excluding ortho intramolecular Hbond substituents is 1. The predicted molar refractivity (Wildman–Crippen MR) is 129 cm³/mol. The number of hydrogen-bond donors (Lipinski definition) is 4. The number of aliphatic hydroxyl groups excluding tert-OH is 1. The SMILES string of the molecule is CC(=O)N[C@@H](Cc1cccc(O)c1)[C@@H](O)CNC1(c2cccc(C(C)C)c2)CCCCC1. The third-order valence-corrected chi connectivity index (χ3v) is 6.68. The van der Waals surface area contributed by atoms with Crippen LogP contribution in [0.2, 0.25) is 0 Å². The van der Waals surface area contributed by atoms with Gasteiger partial charge in [0, 0.05) is 19.0 Å². The van der Waals surface area contributed by atoms with Crippen molar-refractivity contribution in [1.82, 2.24) is 10.6 Å². The van der Waals surface area contributed by atoms with Gasteiger partial charge in [-0.3, -0.25) is 4.79 Å². The maximum absolute atomic E-state index is 11.8. The first-order valence-corrected chi connectivity index (χ1v) is 11.9. The maximum Gasteiger partial charge on any atom is 0.217 e. The second-order valence-electron chi connectivity index (χ2n) is 9.55. The Morgan fingerprint density at radius 1 is 1.06 bits per heavy atom. The highest BCUT2D eigenvalue weighted by molar-refractivity contribution is 5.73. The van der Waals surface area contributed by atoms with Gasteiger partial charge in [0.1, 0.15) is 5.75 Å². The van der Waals surface area contributed by atoms with Gasteiger partial charge >= 0.3 is 0 Å². The minimum absolute atomic E-state index is 0.157. The molecular weight excluding hydrogens is 400 g/mol. The number of benzene rings is 2. The van der Waals surface area contributed by atoms with Crippen molar-refractivity contribution in [3.05, 3.63) is 65.2 Å². The lowest BCUT2D eigenvalue weighted by Gasteiger charge is -2.40. The molecule has 174 valence electrons. The Morgan fingerprint density at radius 3 is 2.44 bits per heavy atom. The van der Waals surface area contributed by atoms with Gasteiger partial charge in [-0.2, -0.15) is 0 Å². The predicted octanol–water partition coefficient (Wildman–Crippen LogP) is 4.37. The number of carbonyl (C=O) groups is 1. The second-order valence-corrected chi connectivity index (χ2v) is 9.55. The molecule has 0 spiro atoms. The second kappa shape index (κ2) is 11.0. The van der Waals surface area contributed by atoms with Crippen molar-refractivity contribution in [3.8, 4) is 5.75 Å². The molecule has 1 aliphatic carbocycles. The summed E-state index contributed by atoms with van der Waals surface area (Å²) in [5.74, 6) is 0.474. The van der Waals surface area contributed by atoms with Crippen molar-refractivity contribution in [2.24, 2.45) is 0 Å². The van der Waals surface area contributed by atoms with Crippen LogP contribution in [0.25, 0.3) is 0 Å². The highest BCUT2D eigenvalue weighted by Gasteiger charge is 2.35. The van der Waals surface area contributed by atoms with Crippen LogP contribution in [0.1, 0.15) is 75.5 Å². The summed E-state index contributed by atoms with van der Waals surface area (Å²) in [6.45, 7) is 6.28. The molecule has 2 atom stereocenters. The van der Waals surface area contributed by atoms with E-state index in [0.29, 0.717) is 18.9 Å². The van der Waals surface area contributed by atoms with E-state index in [4.69, 9.17) is 0 Å². The molecule has 4 N–H and O–H groups in total. The molecule has 3 rings (SSSR count). The van der Waals surface area contributed by atoms with Gasteiger partial charge in [0.25, 0.3) is 0 Å². The van der Waals surface area contributed by atoms with Gasteiger partial charge in [-0.15, -0.1) is 0 Å². The normalized spacial score (nSPS) is 17.7. The molecular formula is C27H38N2O3. The van der Waals surface area contributed by atoms with Gasteiger partial charge in [0.2, 0.25) is 5.91 Å². The van der Waals surface area contributed by atoms with Crippen LogP contribution in [0.15, 0.2) is 48.5 Å². The molecule has 5 nitrogen and oxygen atoms in total. The molecule has 0 radical (unpaired) electrons. The van der Waals surface area contributed by atoms with E-state index in [2.05, 4.69) is 48.7 Å². The number of rotatable bonds is 9. The van der Waals surface area contributed by atoms with Crippen LogP contribution < -0.4 is 10.6 Å². The van der Waals surface area contributed by atoms with Crippen LogP contribution in [0.4, 0.5) is 0 Å². The lowest BCUT2D eigenvalue weighted by atomic mass is 9.75. The van der Waals surface area contributed by atoms with E-state index in [0.717, 1.165) is 31.2 Å². The highest BCUT2D eigenvalue weighted by Crippen LogP contribution is 2.38. The molecule has 0 bridgehead atoms. The molecule has 32 heavy (non-hydrogen) atoms. The molecule has 1 fully saturated rings. The van der Waals surface area contributed by atoms with E-state index in [9.17, 15) is 15.0 Å². The Bertz CT molecular complexity index is 890. The van der Waals surface area contributed by atoms with Crippen molar-refractivity contribution < 1.29 is 15.0 Å². The van der Waals surface area contributed by atoms with Crippen LogP contribution in [0.3, 0.4) is 0 Å². The van der Waals surface area contributed by atoms with Crippen molar-refractivity contribution in [1.29, 1.82) is 0 Å². The molecule has 0 unspecified atom stereocenters. The maximum atomic E-state index is 11.8. The number of amides is 1. The number of aliphatic hydroxyl groups is 1. The number of carbonyl (C=O) groups excluding carboxylic acids is 1. The Balaban J connectivity index is 1.77. The van der Waals surface area contributed by atoms with Gasteiger partial charge in [-0.1, -0.05) is 69.5 Å². The summed E-state index contributed by atoms with van der Waals surface area (Å²) in [6.07, 6.45) is 5.33. The summed E-state index contributed by atoms with van der Waals surface area (Å²) in [6, 6.07) is 15.4. The Hall–Kier alpha value is -2.37. The quantitative estimate of drug-likeness (QED) is 0.469. The molecule has 0 aliphatic heterocycles. The summed E-state index contributed by atoms with van der Waals surface area (Å²) in [4.78, 5) is 11.8. The molecule has 1 amide bonds. The fourth-order valence-corrected chi connectivity index (χ4v) is 4.84. The molecule has 2 aromatic carbocycles. The summed E-state index contributed by atoms with van der Waals surface area (Å²) >= 11 is 0. The lowest BCUT2D eigenvalue weighted by molar-refractivity contribution is -0.120. The van der Waals surface area contributed by atoms with Gasteiger partial charge in [0.05, 0.1) is 12.1 Å². The minimum atomic E-state index is -0.756.